The van der Waals surface area contributed by atoms with E-state index in [1.807, 2.05) is 0 Å². The van der Waals surface area contributed by atoms with Crippen molar-refractivity contribution in [3.05, 3.63) is 0 Å². The summed E-state index contributed by atoms with van der Waals surface area (Å²) in [5.74, 6) is 1.85. The van der Waals surface area contributed by atoms with Crippen LogP contribution in [0.2, 0.25) is 0 Å². The van der Waals surface area contributed by atoms with E-state index in [4.69, 9.17) is 9.47 Å². The molecule has 4 nitrogen and oxygen atoms in total. The molecule has 0 aromatic heterocycles. The highest BCUT2D eigenvalue weighted by molar-refractivity contribution is 7.99. The second-order valence-electron chi connectivity index (χ2n) is 10.6. The van der Waals surface area contributed by atoms with Crippen molar-refractivity contribution in [2.45, 2.75) is 162 Å². The first kappa shape index (κ1) is 36.5. The summed E-state index contributed by atoms with van der Waals surface area (Å²) in [6.07, 6.45) is 26.9. The molecule has 0 aliphatic carbocycles. The van der Waals surface area contributed by atoms with E-state index in [9.17, 15) is 9.59 Å². The minimum Gasteiger partial charge on any atom is -0.466 e. The molecule has 0 aliphatic rings. The number of carbonyl (C=O) groups is 2. The van der Waals surface area contributed by atoms with E-state index in [-0.39, 0.29) is 5.97 Å². The summed E-state index contributed by atoms with van der Waals surface area (Å²) in [4.78, 5) is 23.9. The summed E-state index contributed by atoms with van der Waals surface area (Å²) in [5.41, 5.74) is 0. The lowest BCUT2D eigenvalue weighted by atomic mass is 10.1. The van der Waals surface area contributed by atoms with Gasteiger partial charge in [-0.15, -0.1) is 0 Å². The lowest BCUT2D eigenvalue weighted by molar-refractivity contribution is -0.143. The van der Waals surface area contributed by atoms with Crippen LogP contribution >= 0.6 is 11.8 Å². The molecule has 0 N–H and O–H groups in total. The number of Topliss-reactive ketones (excluding diaryl/α,β-unsaturated/α-hetero) is 1. The monoisotopic (exact) mass is 542 g/mol. The Morgan fingerprint density at radius 2 is 0.919 bits per heavy atom. The van der Waals surface area contributed by atoms with Gasteiger partial charge in [-0.2, -0.15) is 11.8 Å². The maximum absolute atomic E-state index is 12.0. The fraction of sp³-hybridized carbons (Fsp3) is 0.938. The van der Waals surface area contributed by atoms with Crippen molar-refractivity contribution in [1.29, 1.82) is 0 Å². The maximum atomic E-state index is 12.0. The first-order chi connectivity index (χ1) is 18.2. The first-order valence-corrected chi connectivity index (χ1v) is 17.2. The molecule has 0 aromatic rings. The predicted molar refractivity (Wildman–Crippen MR) is 162 cm³/mol. The van der Waals surface area contributed by atoms with Crippen molar-refractivity contribution in [2.75, 3.05) is 31.3 Å². The second-order valence-corrected chi connectivity index (χ2v) is 11.8. The number of unbranched alkanes of at least 4 members (excludes halogenated alkanes) is 17. The van der Waals surface area contributed by atoms with Crippen LogP contribution in [0.4, 0.5) is 0 Å². The maximum Gasteiger partial charge on any atom is 0.306 e. The van der Waals surface area contributed by atoms with Crippen LogP contribution in [-0.2, 0) is 19.1 Å². The van der Waals surface area contributed by atoms with E-state index in [1.54, 1.807) is 11.8 Å². The molecule has 0 radical (unpaired) electrons. The zero-order valence-electron chi connectivity index (χ0n) is 24.8. The van der Waals surface area contributed by atoms with Crippen LogP contribution < -0.4 is 0 Å². The lowest BCUT2D eigenvalue weighted by Crippen LogP contribution is -2.07. The third kappa shape index (κ3) is 31.6. The third-order valence-corrected chi connectivity index (χ3v) is 7.86. The molecule has 0 unspecified atom stereocenters. The van der Waals surface area contributed by atoms with E-state index in [0.717, 1.165) is 56.8 Å². The van der Waals surface area contributed by atoms with Crippen LogP contribution in [0.3, 0.4) is 0 Å². The number of rotatable bonds is 31. The fourth-order valence-corrected chi connectivity index (χ4v) is 5.27. The highest BCUT2D eigenvalue weighted by Crippen LogP contribution is 2.13. The largest absolute Gasteiger partial charge is 0.466 e. The zero-order valence-corrected chi connectivity index (χ0v) is 25.7. The highest BCUT2D eigenvalue weighted by atomic mass is 32.2. The molecular formula is C32H62O4S. The number of hydrogen-bond donors (Lipinski definition) is 0. The third-order valence-electron chi connectivity index (χ3n) is 6.87. The van der Waals surface area contributed by atoms with Crippen molar-refractivity contribution in [1.82, 2.24) is 0 Å². The van der Waals surface area contributed by atoms with Gasteiger partial charge in [0.15, 0.2) is 0 Å². The molecule has 0 rings (SSSR count). The molecule has 37 heavy (non-hydrogen) atoms. The molecule has 0 spiro atoms. The van der Waals surface area contributed by atoms with Crippen LogP contribution in [-0.4, -0.2) is 43.1 Å². The van der Waals surface area contributed by atoms with Gasteiger partial charge in [0.1, 0.15) is 5.78 Å². The van der Waals surface area contributed by atoms with Crippen molar-refractivity contribution in [2.24, 2.45) is 0 Å². The lowest BCUT2D eigenvalue weighted by Gasteiger charge is -2.06. The van der Waals surface area contributed by atoms with Crippen LogP contribution in [0, 0.1) is 0 Å². The van der Waals surface area contributed by atoms with E-state index < -0.39 is 0 Å². The molecule has 0 amide bonds. The van der Waals surface area contributed by atoms with Gasteiger partial charge in [-0.25, -0.2) is 0 Å². The number of ketones is 1. The van der Waals surface area contributed by atoms with E-state index in [2.05, 4.69) is 13.8 Å². The Morgan fingerprint density at radius 1 is 0.486 bits per heavy atom. The molecule has 0 aliphatic heterocycles. The quantitative estimate of drug-likeness (QED) is 0.0644. The molecule has 0 atom stereocenters. The predicted octanol–water partition coefficient (Wildman–Crippen LogP) is 9.86. The van der Waals surface area contributed by atoms with Gasteiger partial charge in [-0.1, -0.05) is 117 Å². The Balaban J connectivity index is 3.27. The van der Waals surface area contributed by atoms with Crippen LogP contribution in [0.5, 0.6) is 0 Å². The Morgan fingerprint density at radius 3 is 1.49 bits per heavy atom. The van der Waals surface area contributed by atoms with Crippen LogP contribution in [0.15, 0.2) is 0 Å². The summed E-state index contributed by atoms with van der Waals surface area (Å²) >= 11 is 1.70. The van der Waals surface area contributed by atoms with E-state index in [0.29, 0.717) is 31.7 Å². The van der Waals surface area contributed by atoms with Crippen LogP contribution in [0.1, 0.15) is 162 Å². The molecule has 220 valence electrons. The number of hydrogen-bond acceptors (Lipinski definition) is 5. The Kier molecular flexibility index (Phi) is 31.2. The summed E-state index contributed by atoms with van der Waals surface area (Å²) in [6.45, 7) is 6.85. The molecule has 0 saturated carbocycles. The minimum atomic E-state index is -0.0900. The van der Waals surface area contributed by atoms with Gasteiger partial charge in [-0.3, -0.25) is 9.59 Å². The Labute approximate surface area is 235 Å². The molecule has 0 fully saturated rings. The topological polar surface area (TPSA) is 52.6 Å². The van der Waals surface area contributed by atoms with Crippen molar-refractivity contribution in [3.8, 4) is 0 Å². The fourth-order valence-electron chi connectivity index (χ4n) is 4.38. The smallest absolute Gasteiger partial charge is 0.306 e. The summed E-state index contributed by atoms with van der Waals surface area (Å²) in [6, 6.07) is 0. The van der Waals surface area contributed by atoms with Gasteiger partial charge < -0.3 is 9.47 Å². The number of carbonyl (C=O) groups excluding carboxylic acids is 2. The SMILES string of the molecule is CCCCCCCCCCCCCOC(=O)CCSCCC(=O)CCCCCCCOCCCCCC. The standard InChI is InChI=1S/C32H62O4S/c1-3-5-7-9-10-11-12-13-14-18-22-28-36-32(34)25-30-37-29-24-31(33)23-19-16-15-17-21-27-35-26-20-8-6-4-2/h3-30H2,1-2H3. The molecule has 0 bridgehead atoms. The van der Waals surface area contributed by atoms with Crippen molar-refractivity contribution >= 4 is 23.5 Å². The van der Waals surface area contributed by atoms with Crippen molar-refractivity contribution < 1.29 is 19.1 Å². The van der Waals surface area contributed by atoms with Crippen LogP contribution in [0.25, 0.3) is 0 Å². The van der Waals surface area contributed by atoms with E-state index >= 15 is 0 Å². The molecule has 0 aromatic carbocycles. The Hall–Kier alpha value is -0.550. The molecule has 0 heterocycles. The van der Waals surface area contributed by atoms with Gasteiger partial charge in [0.2, 0.25) is 0 Å². The normalized spacial score (nSPS) is 11.2. The van der Waals surface area contributed by atoms with Gasteiger partial charge in [0.25, 0.3) is 0 Å². The average molecular weight is 543 g/mol. The summed E-state index contributed by atoms with van der Waals surface area (Å²) < 4.78 is 11.0. The van der Waals surface area contributed by atoms with Gasteiger partial charge >= 0.3 is 5.97 Å². The second kappa shape index (κ2) is 31.7. The minimum absolute atomic E-state index is 0.0900. The molecule has 0 saturated heterocycles. The summed E-state index contributed by atoms with van der Waals surface area (Å²) in [7, 11) is 0. The number of thioether (sulfide) groups is 1. The zero-order chi connectivity index (χ0) is 27.1. The number of esters is 1. The van der Waals surface area contributed by atoms with Gasteiger partial charge in [0.05, 0.1) is 13.0 Å². The first-order valence-electron chi connectivity index (χ1n) is 16.0. The molecule has 5 heteroatoms. The number of ether oxygens (including phenoxy) is 2. The molecular weight excluding hydrogens is 480 g/mol. The van der Waals surface area contributed by atoms with Gasteiger partial charge in [-0.05, 0) is 25.7 Å². The Bertz CT molecular complexity index is 441. The summed E-state index contributed by atoms with van der Waals surface area (Å²) in [5, 5.41) is 0. The van der Waals surface area contributed by atoms with E-state index in [1.165, 1.54) is 96.3 Å². The highest BCUT2D eigenvalue weighted by Gasteiger charge is 2.05. The van der Waals surface area contributed by atoms with Crippen molar-refractivity contribution in [3.63, 3.8) is 0 Å². The average Bonchev–Trinajstić information content (AvgIpc) is 2.89. The van der Waals surface area contributed by atoms with Gasteiger partial charge in [0, 0.05) is 37.6 Å².